The van der Waals surface area contributed by atoms with Crippen LogP contribution in [0.4, 0.5) is 0 Å². The Morgan fingerprint density at radius 1 is 1.35 bits per heavy atom. The minimum atomic E-state index is 0.462. The van der Waals surface area contributed by atoms with Crippen molar-refractivity contribution in [2.75, 3.05) is 6.54 Å². The predicted octanol–water partition coefficient (Wildman–Crippen LogP) is 4.39. The number of nitrogens with one attached hydrogen (secondary N) is 1. The molecule has 0 spiro atoms. The molecule has 1 aromatic carbocycles. The van der Waals surface area contributed by atoms with E-state index in [1.807, 2.05) is 0 Å². The van der Waals surface area contributed by atoms with Crippen LogP contribution < -0.4 is 5.32 Å². The fraction of sp³-hybridized carbons (Fsp3) is 0.600. The molecule has 1 nitrogen and oxygen atoms in total. The van der Waals surface area contributed by atoms with Gasteiger partial charge < -0.3 is 5.32 Å². The maximum atomic E-state index is 3.47. The molecule has 1 atom stereocenters. The Labute approximate surface area is 109 Å². The number of benzene rings is 1. The largest absolute Gasteiger partial charge is 0.310 e. The third-order valence-electron chi connectivity index (χ3n) is 3.47. The first-order chi connectivity index (χ1) is 8.29. The molecule has 1 saturated carbocycles. The predicted molar refractivity (Wildman–Crippen MR) is 76.6 cm³/mol. The fourth-order valence-corrected chi connectivity index (χ4v) is 3.80. The molecular weight excluding hydrogens is 226 g/mol. The second kappa shape index (κ2) is 6.46. The third-order valence-corrected chi connectivity index (χ3v) is 4.80. The summed E-state index contributed by atoms with van der Waals surface area (Å²) in [5.41, 5.74) is 1.41. The normalized spacial score (nSPS) is 18.5. The Morgan fingerprint density at radius 3 is 2.82 bits per heavy atom. The van der Waals surface area contributed by atoms with Crippen molar-refractivity contribution in [3.63, 3.8) is 0 Å². The molecule has 1 aromatic rings. The number of rotatable bonds is 5. The maximum Gasteiger partial charge on any atom is 0.0292 e. The highest BCUT2D eigenvalue weighted by molar-refractivity contribution is 8.00. The molecule has 0 saturated heterocycles. The fourth-order valence-electron chi connectivity index (χ4n) is 2.48. The topological polar surface area (TPSA) is 12.0 Å². The van der Waals surface area contributed by atoms with Crippen LogP contribution in [0.1, 0.15) is 51.1 Å². The minimum Gasteiger partial charge on any atom is -0.310 e. The Hall–Kier alpha value is -0.470. The van der Waals surface area contributed by atoms with Crippen molar-refractivity contribution in [2.24, 2.45) is 0 Å². The first-order valence-corrected chi connectivity index (χ1v) is 7.67. The Balaban J connectivity index is 2.00. The molecule has 1 aliphatic rings. The van der Waals surface area contributed by atoms with Crippen LogP contribution in [0.15, 0.2) is 29.2 Å². The van der Waals surface area contributed by atoms with Gasteiger partial charge in [0.05, 0.1) is 0 Å². The van der Waals surface area contributed by atoms with E-state index in [0.717, 1.165) is 11.8 Å². The molecule has 1 fully saturated rings. The smallest absolute Gasteiger partial charge is 0.0292 e. The van der Waals surface area contributed by atoms with Gasteiger partial charge in [-0.05, 0) is 44.0 Å². The van der Waals surface area contributed by atoms with Gasteiger partial charge in [-0.3, -0.25) is 0 Å². The lowest BCUT2D eigenvalue weighted by Gasteiger charge is -2.15. The Bertz CT molecular complexity index is 345. The molecule has 0 amide bonds. The summed E-state index contributed by atoms with van der Waals surface area (Å²) in [6.45, 7) is 5.43. The molecule has 94 valence electrons. The standard InChI is InChI=1S/C15H23NS/c1-3-16-12(2)13-7-6-10-15(11-13)17-14-8-4-5-9-14/h6-7,10-12,14,16H,3-5,8-9H2,1-2H3. The lowest BCUT2D eigenvalue weighted by molar-refractivity contribution is 0.597. The number of hydrogen-bond acceptors (Lipinski definition) is 2. The van der Waals surface area contributed by atoms with Gasteiger partial charge in [-0.15, -0.1) is 11.8 Å². The van der Waals surface area contributed by atoms with Gasteiger partial charge in [0.25, 0.3) is 0 Å². The van der Waals surface area contributed by atoms with Crippen molar-refractivity contribution in [1.29, 1.82) is 0 Å². The lowest BCUT2D eigenvalue weighted by Crippen LogP contribution is -2.17. The van der Waals surface area contributed by atoms with Crippen LogP contribution in [0.5, 0.6) is 0 Å². The van der Waals surface area contributed by atoms with Crippen LogP contribution in [0.25, 0.3) is 0 Å². The van der Waals surface area contributed by atoms with Gasteiger partial charge in [0.15, 0.2) is 0 Å². The van der Waals surface area contributed by atoms with E-state index in [1.54, 1.807) is 0 Å². The first-order valence-electron chi connectivity index (χ1n) is 6.79. The molecule has 0 bridgehead atoms. The van der Waals surface area contributed by atoms with Crippen LogP contribution in [0, 0.1) is 0 Å². The van der Waals surface area contributed by atoms with E-state index in [9.17, 15) is 0 Å². The van der Waals surface area contributed by atoms with Gasteiger partial charge in [0.2, 0.25) is 0 Å². The van der Waals surface area contributed by atoms with Crippen LogP contribution in [0.3, 0.4) is 0 Å². The average Bonchev–Trinajstić information content (AvgIpc) is 2.82. The van der Waals surface area contributed by atoms with Gasteiger partial charge in [0, 0.05) is 16.2 Å². The van der Waals surface area contributed by atoms with E-state index in [1.165, 1.54) is 36.1 Å². The molecule has 0 heterocycles. The van der Waals surface area contributed by atoms with Crippen molar-refractivity contribution in [3.8, 4) is 0 Å². The summed E-state index contributed by atoms with van der Waals surface area (Å²) in [5.74, 6) is 0. The second-order valence-corrected chi connectivity index (χ2v) is 6.25. The van der Waals surface area contributed by atoms with Gasteiger partial charge >= 0.3 is 0 Å². The molecule has 1 N–H and O–H groups in total. The zero-order valence-electron chi connectivity index (χ0n) is 10.9. The quantitative estimate of drug-likeness (QED) is 0.830. The first kappa shape index (κ1) is 13.0. The zero-order chi connectivity index (χ0) is 12.1. The molecule has 0 aliphatic heterocycles. The molecule has 0 radical (unpaired) electrons. The molecule has 2 rings (SSSR count). The van der Waals surface area contributed by atoms with E-state index in [4.69, 9.17) is 0 Å². The summed E-state index contributed by atoms with van der Waals surface area (Å²) in [6.07, 6.45) is 5.64. The summed E-state index contributed by atoms with van der Waals surface area (Å²) >= 11 is 2.07. The van der Waals surface area contributed by atoms with Crippen LogP contribution in [-0.4, -0.2) is 11.8 Å². The summed E-state index contributed by atoms with van der Waals surface area (Å²) in [6, 6.07) is 9.50. The summed E-state index contributed by atoms with van der Waals surface area (Å²) < 4.78 is 0. The highest BCUT2D eigenvalue weighted by Crippen LogP contribution is 2.35. The molecule has 0 aromatic heterocycles. The van der Waals surface area contributed by atoms with E-state index in [2.05, 4.69) is 55.2 Å². The van der Waals surface area contributed by atoms with Crippen LogP contribution >= 0.6 is 11.8 Å². The highest BCUT2D eigenvalue weighted by Gasteiger charge is 2.16. The van der Waals surface area contributed by atoms with E-state index in [-0.39, 0.29) is 0 Å². The van der Waals surface area contributed by atoms with E-state index in [0.29, 0.717) is 6.04 Å². The van der Waals surface area contributed by atoms with Gasteiger partial charge in [-0.25, -0.2) is 0 Å². The van der Waals surface area contributed by atoms with Crippen LogP contribution in [-0.2, 0) is 0 Å². The van der Waals surface area contributed by atoms with Crippen molar-refractivity contribution in [3.05, 3.63) is 29.8 Å². The van der Waals surface area contributed by atoms with E-state index >= 15 is 0 Å². The van der Waals surface area contributed by atoms with Crippen molar-refractivity contribution >= 4 is 11.8 Å². The van der Waals surface area contributed by atoms with Crippen molar-refractivity contribution < 1.29 is 0 Å². The lowest BCUT2D eigenvalue weighted by atomic mass is 10.1. The Kier molecular flexibility index (Phi) is 4.93. The summed E-state index contributed by atoms with van der Waals surface area (Å²) in [4.78, 5) is 1.44. The molecule has 1 aliphatic carbocycles. The monoisotopic (exact) mass is 249 g/mol. The SMILES string of the molecule is CCNC(C)c1cccc(SC2CCCC2)c1. The van der Waals surface area contributed by atoms with Gasteiger partial charge in [-0.1, -0.05) is 31.9 Å². The van der Waals surface area contributed by atoms with Gasteiger partial charge in [0.1, 0.15) is 0 Å². The van der Waals surface area contributed by atoms with Crippen LogP contribution in [0.2, 0.25) is 0 Å². The second-order valence-electron chi connectivity index (χ2n) is 4.88. The molecule has 17 heavy (non-hydrogen) atoms. The molecular formula is C15H23NS. The summed E-state index contributed by atoms with van der Waals surface area (Å²) in [7, 11) is 0. The number of thioether (sulfide) groups is 1. The number of hydrogen-bond donors (Lipinski definition) is 1. The van der Waals surface area contributed by atoms with Crippen molar-refractivity contribution in [2.45, 2.75) is 55.7 Å². The zero-order valence-corrected chi connectivity index (χ0v) is 11.7. The minimum absolute atomic E-state index is 0.462. The van der Waals surface area contributed by atoms with Gasteiger partial charge in [-0.2, -0.15) is 0 Å². The maximum absolute atomic E-state index is 3.47. The Morgan fingerprint density at radius 2 is 2.12 bits per heavy atom. The molecule has 2 heteroatoms. The third kappa shape index (κ3) is 3.75. The molecule has 1 unspecified atom stereocenters. The average molecular weight is 249 g/mol. The van der Waals surface area contributed by atoms with E-state index < -0.39 is 0 Å². The summed E-state index contributed by atoms with van der Waals surface area (Å²) in [5, 5.41) is 4.33. The van der Waals surface area contributed by atoms with Crippen molar-refractivity contribution in [1.82, 2.24) is 5.32 Å². The highest BCUT2D eigenvalue weighted by atomic mass is 32.2.